The summed E-state index contributed by atoms with van der Waals surface area (Å²) in [5.41, 5.74) is -0.200. The highest BCUT2D eigenvalue weighted by Gasteiger charge is 2.18. The zero-order valence-corrected chi connectivity index (χ0v) is 12.1. The topological polar surface area (TPSA) is 86.3 Å². The van der Waals surface area contributed by atoms with Crippen LogP contribution in [0.5, 0.6) is 0 Å². The van der Waals surface area contributed by atoms with Crippen LogP contribution in [-0.2, 0) is 10.0 Å². The lowest BCUT2D eigenvalue weighted by Crippen LogP contribution is -2.23. The highest BCUT2D eigenvalue weighted by Crippen LogP contribution is 2.21. The lowest BCUT2D eigenvalue weighted by molar-refractivity contribution is -0.255. The summed E-state index contributed by atoms with van der Waals surface area (Å²) in [6, 6.07) is 5.97. The normalized spacial score (nSPS) is 11.2. The van der Waals surface area contributed by atoms with Crippen LogP contribution in [0.25, 0.3) is 0 Å². The lowest BCUT2D eigenvalue weighted by atomic mass is 10.1. The van der Waals surface area contributed by atoms with Crippen molar-refractivity contribution in [3.8, 4) is 0 Å². The van der Waals surface area contributed by atoms with Crippen molar-refractivity contribution in [1.29, 1.82) is 0 Å². The van der Waals surface area contributed by atoms with Gasteiger partial charge in [-0.2, -0.15) is 0 Å². The Morgan fingerprint density at radius 3 is 2.36 bits per heavy atom. The van der Waals surface area contributed by atoms with Gasteiger partial charge in [0, 0.05) is 6.07 Å². The van der Waals surface area contributed by atoms with Gasteiger partial charge in [-0.3, -0.25) is 4.72 Å². The van der Waals surface area contributed by atoms with E-state index >= 15 is 0 Å². The van der Waals surface area contributed by atoms with Crippen molar-refractivity contribution in [2.45, 2.75) is 11.8 Å². The monoisotopic (exact) mass is 326 g/mol. The maximum atomic E-state index is 13.1. The SMILES string of the molecule is Cc1ccc(C(=O)[O-])cc1S(=O)(=O)Nc1ccc(F)c(F)c1. The minimum Gasteiger partial charge on any atom is -0.545 e. The van der Waals surface area contributed by atoms with Crippen molar-refractivity contribution in [2.24, 2.45) is 0 Å². The Morgan fingerprint density at radius 2 is 1.77 bits per heavy atom. The highest BCUT2D eigenvalue weighted by molar-refractivity contribution is 7.92. The lowest BCUT2D eigenvalue weighted by Gasteiger charge is -2.12. The third-order valence-electron chi connectivity index (χ3n) is 2.89. The van der Waals surface area contributed by atoms with Gasteiger partial charge in [0.15, 0.2) is 11.6 Å². The fraction of sp³-hybridized carbons (Fsp3) is 0.0714. The maximum Gasteiger partial charge on any atom is 0.262 e. The first-order chi connectivity index (χ1) is 10.2. The van der Waals surface area contributed by atoms with Gasteiger partial charge in [-0.25, -0.2) is 17.2 Å². The van der Waals surface area contributed by atoms with Gasteiger partial charge in [0.2, 0.25) is 0 Å². The Balaban J connectivity index is 2.44. The second kappa shape index (κ2) is 5.72. The fourth-order valence-corrected chi connectivity index (χ4v) is 3.11. The molecule has 2 rings (SSSR count). The van der Waals surface area contributed by atoms with Crippen molar-refractivity contribution in [1.82, 2.24) is 0 Å². The molecule has 0 heterocycles. The standard InChI is InChI=1S/C14H11F2NO4S/c1-8-2-3-9(14(18)19)6-13(8)22(20,21)17-10-4-5-11(15)12(16)7-10/h2-7,17H,1H3,(H,18,19)/p-1. The first-order valence-corrected chi connectivity index (χ1v) is 7.49. The molecule has 0 aliphatic carbocycles. The molecule has 0 radical (unpaired) electrons. The van der Waals surface area contributed by atoms with Gasteiger partial charge in [-0.1, -0.05) is 12.1 Å². The van der Waals surface area contributed by atoms with Crippen LogP contribution in [-0.4, -0.2) is 14.4 Å². The van der Waals surface area contributed by atoms with Crippen LogP contribution in [0.4, 0.5) is 14.5 Å². The van der Waals surface area contributed by atoms with E-state index in [9.17, 15) is 27.1 Å². The number of anilines is 1. The van der Waals surface area contributed by atoms with Crippen LogP contribution >= 0.6 is 0 Å². The van der Waals surface area contributed by atoms with E-state index in [0.717, 1.165) is 18.2 Å². The summed E-state index contributed by atoms with van der Waals surface area (Å²) < 4.78 is 52.5. The molecule has 22 heavy (non-hydrogen) atoms. The molecular formula is C14H10F2NO4S-. The van der Waals surface area contributed by atoms with E-state index in [2.05, 4.69) is 4.72 Å². The molecule has 5 nitrogen and oxygen atoms in total. The fourth-order valence-electron chi connectivity index (χ4n) is 1.79. The highest BCUT2D eigenvalue weighted by atomic mass is 32.2. The maximum absolute atomic E-state index is 13.1. The summed E-state index contributed by atoms with van der Waals surface area (Å²) >= 11 is 0. The van der Waals surface area contributed by atoms with Crippen LogP contribution in [0, 0.1) is 18.6 Å². The molecule has 1 N–H and O–H groups in total. The first kappa shape index (κ1) is 15.9. The molecule has 0 saturated carbocycles. The molecule has 0 fully saturated rings. The van der Waals surface area contributed by atoms with E-state index in [4.69, 9.17) is 0 Å². The number of sulfonamides is 1. The second-order valence-corrected chi connectivity index (χ2v) is 6.15. The molecule has 0 aliphatic rings. The predicted octanol–water partition coefficient (Wildman–Crippen LogP) is 1.44. The van der Waals surface area contributed by atoms with E-state index in [0.29, 0.717) is 11.6 Å². The van der Waals surface area contributed by atoms with Crippen LogP contribution in [0.2, 0.25) is 0 Å². The third-order valence-corrected chi connectivity index (χ3v) is 4.41. The largest absolute Gasteiger partial charge is 0.545 e. The van der Waals surface area contributed by atoms with Gasteiger partial charge in [0.05, 0.1) is 16.6 Å². The molecule has 8 heteroatoms. The molecular weight excluding hydrogens is 316 g/mol. The molecule has 0 unspecified atom stereocenters. The Bertz CT molecular complexity index is 850. The average Bonchev–Trinajstić information content (AvgIpc) is 2.42. The molecule has 0 aromatic heterocycles. The molecule has 0 bridgehead atoms. The summed E-state index contributed by atoms with van der Waals surface area (Å²) in [5.74, 6) is -3.84. The number of carboxylic acids is 1. The molecule has 116 valence electrons. The van der Waals surface area contributed by atoms with Gasteiger partial charge in [0.25, 0.3) is 10.0 Å². The number of aromatic carboxylic acids is 1. The molecule has 0 saturated heterocycles. The predicted molar refractivity (Wildman–Crippen MR) is 72.7 cm³/mol. The van der Waals surface area contributed by atoms with Gasteiger partial charge in [-0.15, -0.1) is 0 Å². The van der Waals surface area contributed by atoms with Gasteiger partial charge in [0.1, 0.15) is 0 Å². The molecule has 2 aromatic rings. The Morgan fingerprint density at radius 1 is 1.09 bits per heavy atom. The van der Waals surface area contributed by atoms with Crippen molar-refractivity contribution in [2.75, 3.05) is 4.72 Å². The van der Waals surface area contributed by atoms with E-state index in [-0.39, 0.29) is 16.1 Å². The quantitative estimate of drug-likeness (QED) is 0.921. The molecule has 0 amide bonds. The number of hydrogen-bond acceptors (Lipinski definition) is 4. The van der Waals surface area contributed by atoms with Crippen molar-refractivity contribution < 1.29 is 27.1 Å². The number of aryl methyl sites for hydroxylation is 1. The van der Waals surface area contributed by atoms with Gasteiger partial charge < -0.3 is 9.90 Å². The summed E-state index contributed by atoms with van der Waals surface area (Å²) in [5, 5.41) is 10.8. The van der Waals surface area contributed by atoms with E-state index in [1.54, 1.807) is 0 Å². The smallest absolute Gasteiger partial charge is 0.262 e. The van der Waals surface area contributed by atoms with Crippen LogP contribution in [0.1, 0.15) is 15.9 Å². The number of halogens is 2. The zero-order valence-electron chi connectivity index (χ0n) is 11.3. The van der Waals surface area contributed by atoms with Gasteiger partial charge in [-0.05, 0) is 36.2 Å². The average molecular weight is 326 g/mol. The minimum atomic E-state index is -4.16. The van der Waals surface area contributed by atoms with E-state index in [1.807, 2.05) is 0 Å². The second-order valence-electron chi connectivity index (χ2n) is 4.50. The van der Waals surface area contributed by atoms with Crippen molar-refractivity contribution >= 4 is 21.7 Å². The Labute approximate surface area is 125 Å². The summed E-state index contributed by atoms with van der Waals surface area (Å²) in [6.45, 7) is 1.47. The van der Waals surface area contributed by atoms with Crippen LogP contribution in [0.3, 0.4) is 0 Å². The van der Waals surface area contributed by atoms with E-state index < -0.39 is 27.6 Å². The Kier molecular flexibility index (Phi) is 4.14. The number of nitrogens with one attached hydrogen (secondary N) is 1. The zero-order chi connectivity index (χ0) is 16.5. The van der Waals surface area contributed by atoms with Crippen LogP contribution < -0.4 is 9.83 Å². The number of carbonyl (C=O) groups is 1. The number of carboxylic acid groups (broad SMARTS) is 1. The molecule has 0 atom stereocenters. The number of benzene rings is 2. The number of carbonyl (C=O) groups excluding carboxylic acids is 1. The summed E-state index contributed by atoms with van der Waals surface area (Å²) in [7, 11) is -4.16. The van der Waals surface area contributed by atoms with E-state index in [1.165, 1.54) is 19.1 Å². The summed E-state index contributed by atoms with van der Waals surface area (Å²) in [4.78, 5) is 10.5. The first-order valence-electron chi connectivity index (χ1n) is 6.00. The van der Waals surface area contributed by atoms with Gasteiger partial charge >= 0.3 is 0 Å². The number of rotatable bonds is 4. The number of hydrogen-bond donors (Lipinski definition) is 1. The molecule has 0 spiro atoms. The molecule has 0 aliphatic heterocycles. The van der Waals surface area contributed by atoms with Crippen molar-refractivity contribution in [3.63, 3.8) is 0 Å². The van der Waals surface area contributed by atoms with Crippen molar-refractivity contribution in [3.05, 3.63) is 59.2 Å². The minimum absolute atomic E-state index is 0.183. The van der Waals surface area contributed by atoms with Crippen LogP contribution in [0.15, 0.2) is 41.3 Å². The Hall–Kier alpha value is -2.48. The molecule has 2 aromatic carbocycles. The summed E-state index contributed by atoms with van der Waals surface area (Å²) in [6.07, 6.45) is 0. The third kappa shape index (κ3) is 3.22.